The summed E-state index contributed by atoms with van der Waals surface area (Å²) in [4.78, 5) is 2.37. The molecule has 2 aromatic carbocycles. The Morgan fingerprint density at radius 1 is 0.912 bits per heavy atom. The van der Waals surface area contributed by atoms with Crippen LogP contribution in [0.1, 0.15) is 30.5 Å². The van der Waals surface area contributed by atoms with E-state index >= 15 is 0 Å². The zero-order chi connectivity index (χ0) is 23.3. The summed E-state index contributed by atoms with van der Waals surface area (Å²) in [5.74, 6) is 2.46. The smallest absolute Gasteiger partial charge is 0.230 e. The van der Waals surface area contributed by atoms with Gasteiger partial charge in [-0.15, -0.1) is 0 Å². The van der Waals surface area contributed by atoms with Crippen molar-refractivity contribution < 1.29 is 13.9 Å². The van der Waals surface area contributed by atoms with Gasteiger partial charge in [0.15, 0.2) is 11.5 Å². The van der Waals surface area contributed by atoms with Crippen LogP contribution in [0, 0.1) is 0 Å². The number of hydrogen-bond donors (Lipinski definition) is 0. The van der Waals surface area contributed by atoms with Crippen molar-refractivity contribution >= 4 is 5.76 Å². The standard InChI is InChI=1S/C28H29N3O3/c1-3-30(4-2)19-23-18-29-31(27(23)25-11-8-16-32-25)24-14-12-22(13-15-24)28-26(33-20-34-28)17-21-9-6-5-7-10-21/h5-16,18H,3-4,17,19-20H2,1-2H3. The minimum absolute atomic E-state index is 0.246. The van der Waals surface area contributed by atoms with Gasteiger partial charge in [-0.3, -0.25) is 4.90 Å². The van der Waals surface area contributed by atoms with Gasteiger partial charge in [-0.1, -0.05) is 44.2 Å². The summed E-state index contributed by atoms with van der Waals surface area (Å²) in [5.41, 5.74) is 5.27. The fraction of sp³-hybridized carbons (Fsp3) is 0.250. The van der Waals surface area contributed by atoms with E-state index in [1.807, 2.05) is 41.2 Å². The molecule has 1 aliphatic rings. The number of allylic oxidation sites excluding steroid dienone is 1. The van der Waals surface area contributed by atoms with Crippen LogP contribution in [0.15, 0.2) is 89.4 Å². The molecular weight excluding hydrogens is 426 g/mol. The molecule has 4 aromatic rings. The summed E-state index contributed by atoms with van der Waals surface area (Å²) < 4.78 is 19.4. The SMILES string of the molecule is CCN(CC)Cc1cnn(-c2ccc(C3=C(Cc4ccccc4)OCO3)cc2)c1-c1ccco1. The molecule has 2 aromatic heterocycles. The third kappa shape index (κ3) is 4.50. The third-order valence-electron chi connectivity index (χ3n) is 6.16. The molecule has 174 valence electrons. The molecule has 0 spiro atoms. The lowest BCUT2D eigenvalue weighted by Gasteiger charge is -2.18. The maximum atomic E-state index is 5.84. The number of furan rings is 1. The lowest BCUT2D eigenvalue weighted by molar-refractivity contribution is 0.0857. The maximum Gasteiger partial charge on any atom is 0.230 e. The lowest BCUT2D eigenvalue weighted by atomic mass is 10.1. The first-order valence-corrected chi connectivity index (χ1v) is 11.7. The molecule has 0 fully saturated rings. The van der Waals surface area contributed by atoms with Crippen LogP contribution in [0.3, 0.4) is 0 Å². The van der Waals surface area contributed by atoms with Crippen LogP contribution in [0.5, 0.6) is 0 Å². The summed E-state index contributed by atoms with van der Waals surface area (Å²) in [7, 11) is 0. The Morgan fingerprint density at radius 2 is 1.71 bits per heavy atom. The monoisotopic (exact) mass is 455 g/mol. The second-order valence-electron chi connectivity index (χ2n) is 8.24. The number of ether oxygens (including phenoxy) is 2. The number of nitrogens with zero attached hydrogens (tertiary/aromatic N) is 3. The lowest BCUT2D eigenvalue weighted by Crippen LogP contribution is -2.22. The van der Waals surface area contributed by atoms with Gasteiger partial charge in [0, 0.05) is 24.1 Å². The van der Waals surface area contributed by atoms with Crippen LogP contribution in [0.2, 0.25) is 0 Å². The van der Waals surface area contributed by atoms with Gasteiger partial charge in [-0.25, -0.2) is 4.68 Å². The Labute approximate surface area is 200 Å². The quantitative estimate of drug-likeness (QED) is 0.315. The van der Waals surface area contributed by atoms with Crippen molar-refractivity contribution in [1.82, 2.24) is 14.7 Å². The highest BCUT2D eigenvalue weighted by Gasteiger charge is 2.21. The van der Waals surface area contributed by atoms with E-state index in [0.717, 1.165) is 59.4 Å². The van der Waals surface area contributed by atoms with Crippen molar-refractivity contribution in [3.05, 3.63) is 102 Å². The molecule has 0 radical (unpaired) electrons. The van der Waals surface area contributed by atoms with E-state index in [4.69, 9.17) is 19.0 Å². The molecule has 0 amide bonds. The highest BCUT2D eigenvalue weighted by molar-refractivity contribution is 5.66. The van der Waals surface area contributed by atoms with E-state index in [0.29, 0.717) is 6.42 Å². The molecule has 0 bridgehead atoms. The molecule has 34 heavy (non-hydrogen) atoms. The Balaban J connectivity index is 1.46. The first-order chi connectivity index (χ1) is 16.8. The summed E-state index contributed by atoms with van der Waals surface area (Å²) in [5, 5.41) is 4.72. The second-order valence-corrected chi connectivity index (χ2v) is 8.24. The van der Waals surface area contributed by atoms with E-state index in [2.05, 4.69) is 55.1 Å². The van der Waals surface area contributed by atoms with Crippen molar-refractivity contribution in [3.63, 3.8) is 0 Å². The largest absolute Gasteiger partial charge is 0.463 e. The van der Waals surface area contributed by atoms with E-state index in [9.17, 15) is 0 Å². The summed E-state index contributed by atoms with van der Waals surface area (Å²) in [6.07, 6.45) is 4.35. The molecule has 1 aliphatic heterocycles. The van der Waals surface area contributed by atoms with Crippen LogP contribution in [-0.4, -0.2) is 34.6 Å². The number of hydrogen-bond acceptors (Lipinski definition) is 5. The number of benzene rings is 2. The van der Waals surface area contributed by atoms with Crippen LogP contribution in [-0.2, 0) is 22.4 Å². The van der Waals surface area contributed by atoms with E-state index < -0.39 is 0 Å². The molecule has 6 nitrogen and oxygen atoms in total. The van der Waals surface area contributed by atoms with Gasteiger partial charge in [0.1, 0.15) is 11.5 Å². The minimum Gasteiger partial charge on any atom is -0.463 e. The van der Waals surface area contributed by atoms with Gasteiger partial charge in [-0.05, 0) is 55.1 Å². The average molecular weight is 456 g/mol. The summed E-state index contributed by atoms with van der Waals surface area (Å²) >= 11 is 0. The van der Waals surface area contributed by atoms with Crippen molar-refractivity contribution in [3.8, 4) is 17.1 Å². The van der Waals surface area contributed by atoms with Crippen LogP contribution < -0.4 is 0 Å². The Morgan fingerprint density at radius 3 is 2.41 bits per heavy atom. The van der Waals surface area contributed by atoms with Crippen molar-refractivity contribution in [2.24, 2.45) is 0 Å². The van der Waals surface area contributed by atoms with E-state index in [1.54, 1.807) is 6.26 Å². The predicted octanol–water partition coefficient (Wildman–Crippen LogP) is 5.89. The highest BCUT2D eigenvalue weighted by Crippen LogP contribution is 2.31. The zero-order valence-corrected chi connectivity index (χ0v) is 19.6. The maximum absolute atomic E-state index is 5.84. The van der Waals surface area contributed by atoms with Crippen LogP contribution in [0.4, 0.5) is 0 Å². The average Bonchev–Trinajstić information content (AvgIpc) is 3.64. The molecule has 0 aliphatic carbocycles. The predicted molar refractivity (Wildman–Crippen MR) is 132 cm³/mol. The molecule has 0 N–H and O–H groups in total. The van der Waals surface area contributed by atoms with Gasteiger partial charge in [0.05, 0.1) is 18.1 Å². The molecular formula is C28H29N3O3. The minimum atomic E-state index is 0.246. The summed E-state index contributed by atoms with van der Waals surface area (Å²) in [6, 6.07) is 22.4. The Bertz CT molecular complexity index is 1240. The molecule has 0 unspecified atom stereocenters. The molecule has 5 rings (SSSR count). The van der Waals surface area contributed by atoms with Gasteiger partial charge >= 0.3 is 0 Å². The van der Waals surface area contributed by atoms with Gasteiger partial charge in [0.2, 0.25) is 6.79 Å². The van der Waals surface area contributed by atoms with E-state index in [1.165, 1.54) is 5.56 Å². The first-order valence-electron chi connectivity index (χ1n) is 11.7. The van der Waals surface area contributed by atoms with Crippen molar-refractivity contribution in [1.29, 1.82) is 0 Å². The second kappa shape index (κ2) is 10.0. The zero-order valence-electron chi connectivity index (χ0n) is 19.6. The van der Waals surface area contributed by atoms with Crippen LogP contribution in [0.25, 0.3) is 22.9 Å². The van der Waals surface area contributed by atoms with E-state index in [-0.39, 0.29) is 6.79 Å². The van der Waals surface area contributed by atoms with Gasteiger partial charge < -0.3 is 13.9 Å². The Kier molecular flexibility index (Phi) is 6.49. The summed E-state index contributed by atoms with van der Waals surface area (Å²) in [6.45, 7) is 7.38. The third-order valence-corrected chi connectivity index (χ3v) is 6.16. The number of rotatable bonds is 9. The highest BCUT2D eigenvalue weighted by atomic mass is 16.7. The van der Waals surface area contributed by atoms with Crippen molar-refractivity contribution in [2.45, 2.75) is 26.8 Å². The first kappa shape index (κ1) is 22.0. The Hall–Kier alpha value is -3.77. The molecule has 3 heterocycles. The fourth-order valence-electron chi connectivity index (χ4n) is 4.27. The van der Waals surface area contributed by atoms with Crippen LogP contribution >= 0.6 is 0 Å². The number of aromatic nitrogens is 2. The molecule has 0 atom stereocenters. The normalized spacial score (nSPS) is 13.4. The van der Waals surface area contributed by atoms with Crippen molar-refractivity contribution in [2.75, 3.05) is 19.9 Å². The van der Waals surface area contributed by atoms with Gasteiger partial charge in [0.25, 0.3) is 0 Å². The fourth-order valence-corrected chi connectivity index (χ4v) is 4.27. The molecule has 6 heteroatoms. The topological polar surface area (TPSA) is 52.7 Å². The van der Waals surface area contributed by atoms with Gasteiger partial charge in [-0.2, -0.15) is 5.10 Å². The molecule has 0 saturated carbocycles. The molecule has 0 saturated heterocycles.